The highest BCUT2D eigenvalue weighted by Crippen LogP contribution is 2.32. The predicted octanol–water partition coefficient (Wildman–Crippen LogP) is 2.51. The molecule has 9 nitrogen and oxygen atoms in total. The Bertz CT molecular complexity index is 840. The summed E-state index contributed by atoms with van der Waals surface area (Å²) >= 11 is 0. The summed E-state index contributed by atoms with van der Waals surface area (Å²) in [5.41, 5.74) is -1.57. The second-order valence-corrected chi connectivity index (χ2v) is 11.5. The lowest BCUT2D eigenvalue weighted by Crippen LogP contribution is -2.56. The molecule has 2 rings (SSSR count). The number of allylic oxidation sites excluding steroid dienone is 1. The van der Waals surface area contributed by atoms with Crippen molar-refractivity contribution in [1.82, 2.24) is 4.90 Å². The summed E-state index contributed by atoms with van der Waals surface area (Å²) < 4.78 is 17.9. The molecule has 0 radical (unpaired) electrons. The Morgan fingerprint density at radius 3 is 2.30 bits per heavy atom. The Hall–Kier alpha value is -1.65. The third-order valence-corrected chi connectivity index (χ3v) is 7.93. The zero-order valence-corrected chi connectivity index (χ0v) is 23.8. The maximum Gasteiger partial charge on any atom is 0.316 e. The largest absolute Gasteiger partial charge is 0.458 e. The number of aliphatic hydroxyl groups is 2. The van der Waals surface area contributed by atoms with Crippen molar-refractivity contribution in [1.29, 1.82) is 0 Å². The fraction of sp³-hybridized carbons (Fsp3) is 0.821. The number of likely N-dealkylation sites (N-methyl/N-ethyl adjacent to an activating group) is 1. The van der Waals surface area contributed by atoms with Crippen molar-refractivity contribution in [2.75, 3.05) is 14.1 Å². The van der Waals surface area contributed by atoms with E-state index in [1.807, 2.05) is 32.8 Å². The fourth-order valence-corrected chi connectivity index (χ4v) is 5.42. The number of esters is 1. The average molecular weight is 526 g/mol. The molecule has 0 aliphatic carbocycles. The van der Waals surface area contributed by atoms with Crippen molar-refractivity contribution in [2.24, 2.45) is 23.7 Å². The lowest BCUT2D eigenvalue weighted by atomic mass is 9.80. The van der Waals surface area contributed by atoms with Gasteiger partial charge in [0.1, 0.15) is 23.7 Å². The van der Waals surface area contributed by atoms with Crippen LogP contribution < -0.4 is 0 Å². The molecule has 37 heavy (non-hydrogen) atoms. The van der Waals surface area contributed by atoms with Crippen molar-refractivity contribution < 1.29 is 38.8 Å². The highest BCUT2D eigenvalue weighted by atomic mass is 16.7. The van der Waals surface area contributed by atoms with Crippen molar-refractivity contribution in [3.05, 3.63) is 12.2 Å². The number of hydrogen-bond acceptors (Lipinski definition) is 9. The van der Waals surface area contributed by atoms with Crippen molar-refractivity contribution in [3.63, 3.8) is 0 Å². The molecular weight excluding hydrogens is 478 g/mol. The molecule has 0 aromatic heterocycles. The van der Waals surface area contributed by atoms with E-state index >= 15 is 0 Å². The number of cyclic esters (lactones) is 1. The van der Waals surface area contributed by atoms with Gasteiger partial charge in [-0.1, -0.05) is 27.7 Å². The van der Waals surface area contributed by atoms with Crippen molar-refractivity contribution >= 4 is 17.5 Å². The average Bonchev–Trinajstić information content (AvgIpc) is 2.83. The van der Waals surface area contributed by atoms with Gasteiger partial charge in [-0.2, -0.15) is 0 Å². The van der Waals surface area contributed by atoms with Crippen LogP contribution in [-0.4, -0.2) is 89.1 Å². The SMILES string of the molecule is CCC1OC(=O)C(C)C(=O)C(C)C(OC2OC(C)CC(N(C)C)C2O)C(C)CC(C)C(=O)/C=C/C1(C)O. The minimum absolute atomic E-state index is 0.168. The minimum atomic E-state index is -1.57. The first kappa shape index (κ1) is 31.6. The van der Waals surface area contributed by atoms with E-state index in [9.17, 15) is 24.6 Å². The molecule has 11 unspecified atom stereocenters. The molecule has 0 aromatic carbocycles. The van der Waals surface area contributed by atoms with E-state index in [2.05, 4.69) is 0 Å². The van der Waals surface area contributed by atoms with Crippen LogP contribution in [0.4, 0.5) is 0 Å². The van der Waals surface area contributed by atoms with Gasteiger partial charge in [0.2, 0.25) is 0 Å². The molecule has 1 saturated heterocycles. The van der Waals surface area contributed by atoms with E-state index in [1.54, 1.807) is 20.8 Å². The molecule has 0 spiro atoms. The number of Topliss-reactive ketones (excluding diaryl/α,β-unsaturated/α-hetero) is 1. The van der Waals surface area contributed by atoms with Gasteiger partial charge in [0.05, 0.1) is 12.2 Å². The molecule has 2 heterocycles. The predicted molar refractivity (Wildman–Crippen MR) is 139 cm³/mol. The van der Waals surface area contributed by atoms with Crippen LogP contribution in [-0.2, 0) is 28.6 Å². The van der Waals surface area contributed by atoms with Crippen LogP contribution in [0.1, 0.15) is 67.7 Å². The highest BCUT2D eigenvalue weighted by Gasteiger charge is 2.44. The monoisotopic (exact) mass is 525 g/mol. The van der Waals surface area contributed by atoms with Gasteiger partial charge in [-0.25, -0.2) is 0 Å². The molecule has 1 fully saturated rings. The van der Waals surface area contributed by atoms with Gasteiger partial charge >= 0.3 is 5.97 Å². The molecule has 0 aromatic rings. The molecule has 9 heteroatoms. The maximum absolute atomic E-state index is 13.5. The Kier molecular flexibility index (Phi) is 11.0. The number of carbonyl (C=O) groups excluding carboxylic acids is 3. The van der Waals surface area contributed by atoms with Crippen LogP contribution >= 0.6 is 0 Å². The lowest BCUT2D eigenvalue weighted by molar-refractivity contribution is -0.278. The second kappa shape index (κ2) is 12.9. The minimum Gasteiger partial charge on any atom is -0.458 e. The number of ketones is 2. The second-order valence-electron chi connectivity index (χ2n) is 11.5. The summed E-state index contributed by atoms with van der Waals surface area (Å²) in [6, 6.07) is -0.188. The van der Waals surface area contributed by atoms with Gasteiger partial charge in [-0.3, -0.25) is 14.4 Å². The number of ether oxygens (including phenoxy) is 3. The van der Waals surface area contributed by atoms with E-state index in [0.717, 1.165) is 0 Å². The number of aliphatic hydroxyl groups excluding tert-OH is 1. The van der Waals surface area contributed by atoms with E-state index in [4.69, 9.17) is 14.2 Å². The molecule has 2 N–H and O–H groups in total. The van der Waals surface area contributed by atoms with Crippen LogP contribution in [0.25, 0.3) is 0 Å². The Morgan fingerprint density at radius 2 is 1.73 bits per heavy atom. The van der Waals surface area contributed by atoms with Crippen LogP contribution in [0.3, 0.4) is 0 Å². The molecular formula is C28H47NO8. The molecule has 0 saturated carbocycles. The summed E-state index contributed by atoms with van der Waals surface area (Å²) in [6.07, 6.45) is 0.318. The molecule has 2 aliphatic heterocycles. The smallest absolute Gasteiger partial charge is 0.316 e. The van der Waals surface area contributed by atoms with Gasteiger partial charge in [-0.15, -0.1) is 0 Å². The summed E-state index contributed by atoms with van der Waals surface area (Å²) in [6.45, 7) is 12.0. The third kappa shape index (κ3) is 7.69. The zero-order valence-electron chi connectivity index (χ0n) is 23.8. The fourth-order valence-electron chi connectivity index (χ4n) is 5.42. The first-order valence-corrected chi connectivity index (χ1v) is 13.5. The standard InChI is InChI=1S/C28H47NO8/c1-10-22-28(7,34)12-11-21(30)15(2)13-16(3)25(18(5)23(31)19(6)26(33)36-22)37-27-24(32)20(29(8)9)14-17(4)35-27/h11-12,15-20,22,24-25,27,32,34H,10,13-14H2,1-9H3/b12-11+. The summed E-state index contributed by atoms with van der Waals surface area (Å²) in [5.74, 6) is -3.83. The lowest BCUT2D eigenvalue weighted by Gasteiger charge is -2.43. The highest BCUT2D eigenvalue weighted by molar-refractivity contribution is 6.00. The Labute approximate surface area is 221 Å². The zero-order chi connectivity index (χ0) is 28.2. The molecule has 11 atom stereocenters. The van der Waals surface area contributed by atoms with Gasteiger partial charge in [0.15, 0.2) is 17.9 Å². The van der Waals surface area contributed by atoms with Crippen molar-refractivity contribution in [2.45, 2.75) is 110 Å². The maximum atomic E-state index is 13.5. The molecule has 0 amide bonds. The summed E-state index contributed by atoms with van der Waals surface area (Å²) in [5, 5.41) is 21.9. The first-order valence-electron chi connectivity index (χ1n) is 13.5. The van der Waals surface area contributed by atoms with Gasteiger partial charge < -0.3 is 29.3 Å². The van der Waals surface area contributed by atoms with Gasteiger partial charge in [0, 0.05) is 17.9 Å². The van der Waals surface area contributed by atoms with E-state index in [-0.39, 0.29) is 29.6 Å². The summed E-state index contributed by atoms with van der Waals surface area (Å²) in [7, 11) is 3.77. The van der Waals surface area contributed by atoms with E-state index in [0.29, 0.717) is 19.3 Å². The number of hydrogen-bond donors (Lipinski definition) is 2. The molecule has 2 aliphatic rings. The van der Waals surface area contributed by atoms with Gasteiger partial charge in [0.25, 0.3) is 0 Å². The molecule has 0 bridgehead atoms. The van der Waals surface area contributed by atoms with Crippen LogP contribution in [0, 0.1) is 23.7 Å². The number of carbonyl (C=O) groups is 3. The quantitative estimate of drug-likeness (QED) is 0.421. The number of nitrogens with zero attached hydrogens (tertiary/aromatic N) is 1. The van der Waals surface area contributed by atoms with Crippen LogP contribution in [0.5, 0.6) is 0 Å². The van der Waals surface area contributed by atoms with Crippen LogP contribution in [0.15, 0.2) is 12.2 Å². The van der Waals surface area contributed by atoms with Crippen molar-refractivity contribution in [3.8, 4) is 0 Å². The molecule has 212 valence electrons. The summed E-state index contributed by atoms with van der Waals surface area (Å²) in [4.78, 5) is 41.3. The van der Waals surface area contributed by atoms with Crippen LogP contribution in [0.2, 0.25) is 0 Å². The normalized spacial score (nSPS) is 43.8. The number of rotatable bonds is 4. The van der Waals surface area contributed by atoms with E-state index < -0.39 is 53.9 Å². The Morgan fingerprint density at radius 1 is 1.11 bits per heavy atom. The van der Waals surface area contributed by atoms with Gasteiger partial charge in [-0.05, 0) is 72.2 Å². The van der Waals surface area contributed by atoms with E-state index in [1.165, 1.54) is 26.0 Å². The Balaban J connectivity index is 2.44. The third-order valence-electron chi connectivity index (χ3n) is 7.93. The first-order chi connectivity index (χ1) is 17.1. The topological polar surface area (TPSA) is 123 Å².